The van der Waals surface area contributed by atoms with E-state index < -0.39 is 6.03 Å². The van der Waals surface area contributed by atoms with Crippen molar-refractivity contribution in [1.82, 2.24) is 10.2 Å². The number of rotatable bonds is 3. The Morgan fingerprint density at radius 1 is 0.957 bits per heavy atom. The highest BCUT2D eigenvalue weighted by atomic mass is 16.2. The molecule has 2 aromatic carbocycles. The molecule has 3 amide bonds. The van der Waals surface area contributed by atoms with E-state index in [9.17, 15) is 9.59 Å². The summed E-state index contributed by atoms with van der Waals surface area (Å²) in [4.78, 5) is 24.6. The monoisotopic (exact) mass is 309 g/mol. The van der Waals surface area contributed by atoms with Crippen LogP contribution in [-0.2, 0) is 17.9 Å². The highest BCUT2D eigenvalue weighted by molar-refractivity contribution is 5.93. The Labute approximate surface area is 135 Å². The predicted molar refractivity (Wildman–Crippen MR) is 88.3 cm³/mol. The molecule has 23 heavy (non-hydrogen) atoms. The minimum absolute atomic E-state index is 0.243. The van der Waals surface area contributed by atoms with Crippen molar-refractivity contribution in [2.45, 2.75) is 19.5 Å². The molecule has 5 nitrogen and oxygen atoms in total. The lowest BCUT2D eigenvalue weighted by Crippen LogP contribution is -2.37. The molecule has 5 heteroatoms. The Bertz CT molecular complexity index is 695. The van der Waals surface area contributed by atoms with E-state index in [0.717, 1.165) is 13.1 Å². The van der Waals surface area contributed by atoms with Gasteiger partial charge >= 0.3 is 6.03 Å². The van der Waals surface area contributed by atoms with E-state index in [-0.39, 0.29) is 12.3 Å². The normalized spacial score (nSPS) is 13.6. The Morgan fingerprint density at radius 2 is 1.48 bits per heavy atom. The molecule has 0 aromatic heterocycles. The van der Waals surface area contributed by atoms with Gasteiger partial charge in [-0.2, -0.15) is 0 Å². The molecule has 118 valence electrons. The maximum Gasteiger partial charge on any atom is 0.318 e. The molecule has 0 saturated carbocycles. The van der Waals surface area contributed by atoms with Crippen LogP contribution >= 0.6 is 0 Å². The first-order chi connectivity index (χ1) is 11.1. The van der Waals surface area contributed by atoms with E-state index in [0.29, 0.717) is 6.54 Å². The van der Waals surface area contributed by atoms with Gasteiger partial charge in [0, 0.05) is 26.1 Å². The third kappa shape index (κ3) is 3.57. The molecule has 0 fully saturated rings. The zero-order chi connectivity index (χ0) is 16.2. The molecule has 0 radical (unpaired) electrons. The molecule has 0 atom stereocenters. The second-order valence-electron chi connectivity index (χ2n) is 5.69. The summed E-state index contributed by atoms with van der Waals surface area (Å²) >= 11 is 0. The van der Waals surface area contributed by atoms with Crippen LogP contribution in [0.15, 0.2) is 48.5 Å². The minimum Gasteiger partial charge on any atom is -0.351 e. The number of nitrogens with zero attached hydrogens (tertiary/aromatic N) is 1. The van der Waals surface area contributed by atoms with E-state index in [2.05, 4.69) is 34.5 Å². The number of benzene rings is 2. The van der Waals surface area contributed by atoms with Crippen LogP contribution < -0.4 is 11.1 Å². The van der Waals surface area contributed by atoms with Crippen LogP contribution in [0.2, 0.25) is 0 Å². The average molecular weight is 309 g/mol. The summed E-state index contributed by atoms with van der Waals surface area (Å²) in [5.74, 6) is -0.344. The number of hydrogen-bond donors (Lipinski definition) is 2. The lowest BCUT2D eigenvalue weighted by molar-refractivity contribution is -0.120. The third-order valence-corrected chi connectivity index (χ3v) is 4.03. The van der Waals surface area contributed by atoms with Crippen molar-refractivity contribution in [3.05, 3.63) is 59.7 Å². The maximum atomic E-state index is 11.6. The number of nitrogens with two attached hydrogens (primary N) is 1. The van der Waals surface area contributed by atoms with Crippen LogP contribution in [0.4, 0.5) is 4.79 Å². The minimum atomic E-state index is -0.804. The topological polar surface area (TPSA) is 75.4 Å². The summed E-state index contributed by atoms with van der Waals surface area (Å²) in [5, 5.41) is 2.11. The Balaban J connectivity index is 1.81. The van der Waals surface area contributed by atoms with E-state index in [4.69, 9.17) is 5.73 Å². The molecule has 0 spiro atoms. The first kappa shape index (κ1) is 15.2. The molecule has 1 aliphatic rings. The van der Waals surface area contributed by atoms with Crippen LogP contribution in [0.25, 0.3) is 11.1 Å². The molecule has 0 unspecified atom stereocenters. The largest absolute Gasteiger partial charge is 0.351 e. The SMILES string of the molecule is NC(=O)NC(=O)CCN1Cc2ccccc2-c2ccccc2C1. The standard InChI is InChI=1S/C18H19N3O2/c19-18(23)20-17(22)9-10-21-11-13-5-1-3-7-15(13)16-8-4-2-6-14(16)12-21/h1-8H,9-12H2,(H3,19,20,22,23). The van der Waals surface area contributed by atoms with Gasteiger partial charge in [-0.3, -0.25) is 15.0 Å². The lowest BCUT2D eigenvalue weighted by Gasteiger charge is -2.20. The molecule has 2 aromatic rings. The molecule has 0 bridgehead atoms. The number of imide groups is 1. The van der Waals surface area contributed by atoms with Crippen molar-refractivity contribution in [3.8, 4) is 11.1 Å². The zero-order valence-electron chi connectivity index (χ0n) is 12.8. The number of carbonyl (C=O) groups excluding carboxylic acids is 2. The molecule has 3 N–H and O–H groups in total. The first-order valence-electron chi connectivity index (χ1n) is 7.61. The Kier molecular flexibility index (Phi) is 4.39. The fourth-order valence-corrected chi connectivity index (χ4v) is 3.00. The molecule has 1 aliphatic heterocycles. The number of nitrogens with one attached hydrogen (secondary N) is 1. The fraction of sp³-hybridized carbons (Fsp3) is 0.222. The van der Waals surface area contributed by atoms with Crippen molar-refractivity contribution in [2.24, 2.45) is 5.73 Å². The van der Waals surface area contributed by atoms with Crippen molar-refractivity contribution >= 4 is 11.9 Å². The first-order valence-corrected chi connectivity index (χ1v) is 7.61. The molecular formula is C18H19N3O2. The summed E-state index contributed by atoms with van der Waals surface area (Å²) < 4.78 is 0. The van der Waals surface area contributed by atoms with E-state index in [1.165, 1.54) is 22.3 Å². The lowest BCUT2D eigenvalue weighted by atomic mass is 9.97. The summed E-state index contributed by atoms with van der Waals surface area (Å²) in [5.41, 5.74) is 9.94. The Morgan fingerprint density at radius 3 is 2.00 bits per heavy atom. The highest BCUT2D eigenvalue weighted by Crippen LogP contribution is 2.32. The zero-order valence-corrected chi connectivity index (χ0v) is 12.8. The second-order valence-corrected chi connectivity index (χ2v) is 5.69. The molecule has 0 saturated heterocycles. The van der Waals surface area contributed by atoms with Gasteiger partial charge in [-0.05, 0) is 22.3 Å². The number of carbonyl (C=O) groups is 2. The smallest absolute Gasteiger partial charge is 0.318 e. The predicted octanol–water partition coefficient (Wildman–Crippen LogP) is 2.25. The maximum absolute atomic E-state index is 11.6. The summed E-state index contributed by atoms with van der Waals surface area (Å²) in [6, 6.07) is 15.9. The van der Waals surface area contributed by atoms with Crippen LogP contribution in [0.5, 0.6) is 0 Å². The van der Waals surface area contributed by atoms with Crippen molar-refractivity contribution in [2.75, 3.05) is 6.54 Å². The van der Waals surface area contributed by atoms with Crippen molar-refractivity contribution in [1.29, 1.82) is 0 Å². The van der Waals surface area contributed by atoms with Gasteiger partial charge in [-0.15, -0.1) is 0 Å². The van der Waals surface area contributed by atoms with E-state index in [1.54, 1.807) is 0 Å². The van der Waals surface area contributed by atoms with E-state index >= 15 is 0 Å². The molecule has 0 aliphatic carbocycles. The van der Waals surface area contributed by atoms with Crippen LogP contribution in [0.1, 0.15) is 17.5 Å². The van der Waals surface area contributed by atoms with Crippen LogP contribution in [0.3, 0.4) is 0 Å². The van der Waals surface area contributed by atoms with Crippen molar-refractivity contribution < 1.29 is 9.59 Å². The van der Waals surface area contributed by atoms with Gasteiger partial charge < -0.3 is 5.73 Å². The summed E-state index contributed by atoms with van der Waals surface area (Å²) in [7, 11) is 0. The molecule has 3 rings (SSSR count). The van der Waals surface area contributed by atoms with Gasteiger partial charge in [-0.25, -0.2) is 4.79 Å². The fourth-order valence-electron chi connectivity index (χ4n) is 3.00. The van der Waals surface area contributed by atoms with Crippen LogP contribution in [-0.4, -0.2) is 23.4 Å². The molecule has 1 heterocycles. The van der Waals surface area contributed by atoms with Gasteiger partial charge in [0.2, 0.25) is 5.91 Å². The van der Waals surface area contributed by atoms with Gasteiger partial charge in [0.1, 0.15) is 0 Å². The number of primary amides is 1. The number of hydrogen-bond acceptors (Lipinski definition) is 3. The number of fused-ring (bicyclic) bond motifs is 3. The van der Waals surface area contributed by atoms with Gasteiger partial charge in [0.15, 0.2) is 0 Å². The van der Waals surface area contributed by atoms with Crippen LogP contribution in [0, 0.1) is 0 Å². The third-order valence-electron chi connectivity index (χ3n) is 4.03. The van der Waals surface area contributed by atoms with Gasteiger partial charge in [0.25, 0.3) is 0 Å². The summed E-state index contributed by atoms with van der Waals surface area (Å²) in [6.07, 6.45) is 0.243. The number of amides is 3. The highest BCUT2D eigenvalue weighted by Gasteiger charge is 2.19. The average Bonchev–Trinajstić information content (AvgIpc) is 2.69. The Hall–Kier alpha value is -2.66. The quantitative estimate of drug-likeness (QED) is 0.913. The number of urea groups is 1. The van der Waals surface area contributed by atoms with Gasteiger partial charge in [-0.1, -0.05) is 48.5 Å². The second kappa shape index (κ2) is 6.62. The van der Waals surface area contributed by atoms with Crippen molar-refractivity contribution in [3.63, 3.8) is 0 Å². The summed E-state index contributed by atoms with van der Waals surface area (Å²) in [6.45, 7) is 2.12. The van der Waals surface area contributed by atoms with E-state index in [1.807, 2.05) is 24.3 Å². The van der Waals surface area contributed by atoms with Gasteiger partial charge in [0.05, 0.1) is 0 Å². The molecular weight excluding hydrogens is 290 g/mol.